The number of carbonyl (C=O) groups is 1. The van der Waals surface area contributed by atoms with Crippen LogP contribution in [0.15, 0.2) is 41.6 Å². The third-order valence-corrected chi connectivity index (χ3v) is 3.90. The van der Waals surface area contributed by atoms with E-state index < -0.39 is 23.2 Å². The lowest BCUT2D eigenvalue weighted by atomic mass is 10.1. The Balaban J connectivity index is 2.11. The van der Waals surface area contributed by atoms with Crippen LogP contribution in [0.1, 0.15) is 21.5 Å². The summed E-state index contributed by atoms with van der Waals surface area (Å²) < 4.78 is 42.8. The Morgan fingerprint density at radius 3 is 2.75 bits per heavy atom. The summed E-state index contributed by atoms with van der Waals surface area (Å²) in [4.78, 5) is 15.8. The maximum Gasteiger partial charge on any atom is 0.447 e. The van der Waals surface area contributed by atoms with Crippen LogP contribution in [0.25, 0.3) is 0 Å². The van der Waals surface area contributed by atoms with Crippen LogP contribution in [0.2, 0.25) is 0 Å². The number of benzene rings is 1. The largest absolute Gasteiger partial charge is 0.496 e. The Kier molecular flexibility index (Phi) is 5.71. The van der Waals surface area contributed by atoms with Gasteiger partial charge in [0.15, 0.2) is 0 Å². The van der Waals surface area contributed by atoms with Gasteiger partial charge in [0, 0.05) is 24.5 Å². The van der Waals surface area contributed by atoms with Gasteiger partial charge in [0.1, 0.15) is 10.8 Å². The molecule has 1 N–H and O–H groups in total. The average molecular weight is 356 g/mol. The average Bonchev–Trinajstić information content (AvgIpc) is 2.52. The van der Waals surface area contributed by atoms with E-state index in [4.69, 9.17) is 4.74 Å². The Morgan fingerprint density at radius 2 is 2.08 bits per heavy atom. The van der Waals surface area contributed by atoms with E-state index in [1.165, 1.54) is 18.3 Å². The number of rotatable bonds is 5. The van der Waals surface area contributed by atoms with Crippen LogP contribution < -0.4 is 10.1 Å². The third kappa shape index (κ3) is 4.89. The van der Waals surface area contributed by atoms with E-state index in [0.717, 1.165) is 11.1 Å². The van der Waals surface area contributed by atoms with E-state index in [9.17, 15) is 18.0 Å². The predicted molar refractivity (Wildman–Crippen MR) is 85.1 cm³/mol. The van der Waals surface area contributed by atoms with Crippen molar-refractivity contribution in [3.05, 3.63) is 53.2 Å². The van der Waals surface area contributed by atoms with Gasteiger partial charge in [-0.15, -0.1) is 0 Å². The number of methoxy groups -OCH3 is 1. The van der Waals surface area contributed by atoms with Gasteiger partial charge in [-0.2, -0.15) is 13.2 Å². The molecule has 1 aromatic heterocycles. The summed E-state index contributed by atoms with van der Waals surface area (Å²) in [5.74, 6) is 0.0610. The number of amides is 1. The molecule has 0 bridgehead atoms. The highest BCUT2D eigenvalue weighted by atomic mass is 32.2. The molecule has 4 nitrogen and oxygen atoms in total. The summed E-state index contributed by atoms with van der Waals surface area (Å²) in [5.41, 5.74) is -2.89. The zero-order chi connectivity index (χ0) is 17.7. The van der Waals surface area contributed by atoms with Crippen molar-refractivity contribution < 1.29 is 22.7 Å². The second-order valence-electron chi connectivity index (χ2n) is 4.89. The van der Waals surface area contributed by atoms with Gasteiger partial charge in [0.2, 0.25) is 0 Å². The normalized spacial score (nSPS) is 11.2. The Bertz CT molecular complexity index is 736. The van der Waals surface area contributed by atoms with Crippen LogP contribution in [0.5, 0.6) is 5.75 Å². The highest BCUT2D eigenvalue weighted by Crippen LogP contribution is 2.37. The number of thioether (sulfide) groups is 1. The molecule has 24 heavy (non-hydrogen) atoms. The predicted octanol–water partition coefficient (Wildman–Crippen LogP) is 3.94. The standard InChI is InChI=1S/C16H15F3N2O2S/c1-10-5-6-11(8-13(10)23-2)9-21-14(22)12-4-3-7-20-15(12)24-16(17,18)19/h3-8H,9H2,1-2H3,(H,21,22). The van der Waals surface area contributed by atoms with Gasteiger partial charge in [0.05, 0.1) is 12.7 Å². The first-order valence-corrected chi connectivity index (χ1v) is 7.74. The van der Waals surface area contributed by atoms with Gasteiger partial charge >= 0.3 is 5.51 Å². The maximum absolute atomic E-state index is 12.5. The minimum atomic E-state index is -4.51. The molecule has 0 aliphatic carbocycles. The number of carbonyl (C=O) groups excluding carboxylic acids is 1. The lowest BCUT2D eigenvalue weighted by Gasteiger charge is -2.11. The molecule has 0 spiro atoms. The molecular weight excluding hydrogens is 341 g/mol. The number of aromatic nitrogens is 1. The van der Waals surface area contributed by atoms with E-state index >= 15 is 0 Å². The lowest BCUT2D eigenvalue weighted by molar-refractivity contribution is -0.0329. The molecule has 2 rings (SSSR count). The fourth-order valence-electron chi connectivity index (χ4n) is 2.01. The first-order valence-electron chi connectivity index (χ1n) is 6.92. The number of aryl methyl sites for hydroxylation is 1. The topological polar surface area (TPSA) is 51.2 Å². The van der Waals surface area contributed by atoms with Gasteiger partial charge < -0.3 is 10.1 Å². The Hall–Kier alpha value is -2.22. The molecule has 0 unspecified atom stereocenters. The van der Waals surface area contributed by atoms with E-state index in [1.807, 2.05) is 19.1 Å². The van der Waals surface area contributed by atoms with Gasteiger partial charge in [-0.25, -0.2) is 4.98 Å². The number of ether oxygens (including phenoxy) is 1. The van der Waals surface area contributed by atoms with Gasteiger partial charge in [-0.1, -0.05) is 12.1 Å². The quantitative estimate of drug-likeness (QED) is 0.825. The zero-order valence-corrected chi connectivity index (χ0v) is 13.8. The van der Waals surface area contributed by atoms with Gasteiger partial charge in [-0.05, 0) is 36.2 Å². The van der Waals surface area contributed by atoms with Crippen molar-refractivity contribution in [2.45, 2.75) is 24.0 Å². The highest BCUT2D eigenvalue weighted by Gasteiger charge is 2.32. The molecule has 8 heteroatoms. The lowest BCUT2D eigenvalue weighted by Crippen LogP contribution is -2.24. The summed E-state index contributed by atoms with van der Waals surface area (Å²) in [6, 6.07) is 8.16. The maximum atomic E-state index is 12.5. The van der Waals surface area contributed by atoms with Crippen molar-refractivity contribution in [1.29, 1.82) is 0 Å². The zero-order valence-electron chi connectivity index (χ0n) is 13.0. The van der Waals surface area contributed by atoms with Crippen molar-refractivity contribution in [2.24, 2.45) is 0 Å². The second kappa shape index (κ2) is 7.57. The fraction of sp³-hybridized carbons (Fsp3) is 0.250. The summed E-state index contributed by atoms with van der Waals surface area (Å²) >= 11 is -0.407. The van der Waals surface area contributed by atoms with Gasteiger partial charge in [0.25, 0.3) is 5.91 Å². The second-order valence-corrected chi connectivity index (χ2v) is 5.94. The van der Waals surface area contributed by atoms with Crippen LogP contribution in [-0.4, -0.2) is 23.5 Å². The third-order valence-electron chi connectivity index (χ3n) is 3.15. The van der Waals surface area contributed by atoms with E-state index in [-0.39, 0.29) is 17.1 Å². The van der Waals surface area contributed by atoms with Crippen molar-refractivity contribution in [3.8, 4) is 5.75 Å². The van der Waals surface area contributed by atoms with E-state index in [2.05, 4.69) is 10.3 Å². The molecule has 0 aliphatic rings. The Morgan fingerprint density at radius 1 is 1.33 bits per heavy atom. The first kappa shape index (κ1) is 18.1. The van der Waals surface area contributed by atoms with Gasteiger partial charge in [-0.3, -0.25) is 4.79 Å². The molecule has 0 radical (unpaired) electrons. The first-order chi connectivity index (χ1) is 11.3. The molecule has 0 atom stereocenters. The molecule has 1 amide bonds. The number of pyridine rings is 1. The Labute approximate surface area is 141 Å². The molecule has 128 valence electrons. The van der Waals surface area contributed by atoms with Crippen LogP contribution in [-0.2, 0) is 6.54 Å². The number of hydrogen-bond donors (Lipinski definition) is 1. The minimum absolute atomic E-state index is 0.112. The molecular formula is C16H15F3N2O2S. The van der Waals surface area contributed by atoms with Crippen molar-refractivity contribution >= 4 is 17.7 Å². The SMILES string of the molecule is COc1cc(CNC(=O)c2cccnc2SC(F)(F)F)ccc1C. The highest BCUT2D eigenvalue weighted by molar-refractivity contribution is 8.00. The van der Waals surface area contributed by atoms with Crippen LogP contribution in [0.4, 0.5) is 13.2 Å². The molecule has 1 heterocycles. The molecule has 1 aromatic carbocycles. The van der Waals surface area contributed by atoms with Crippen molar-refractivity contribution in [3.63, 3.8) is 0 Å². The molecule has 0 aliphatic heterocycles. The molecule has 0 saturated heterocycles. The van der Waals surface area contributed by atoms with E-state index in [1.54, 1.807) is 13.2 Å². The number of alkyl halides is 3. The van der Waals surface area contributed by atoms with Crippen molar-refractivity contribution in [1.82, 2.24) is 10.3 Å². The van der Waals surface area contributed by atoms with Crippen LogP contribution >= 0.6 is 11.8 Å². The number of nitrogens with zero attached hydrogens (tertiary/aromatic N) is 1. The summed E-state index contributed by atoms with van der Waals surface area (Å²) in [6.45, 7) is 2.05. The summed E-state index contributed by atoms with van der Waals surface area (Å²) in [5, 5.41) is 2.23. The number of hydrogen-bond acceptors (Lipinski definition) is 4. The number of halogens is 3. The fourth-order valence-corrected chi connectivity index (χ4v) is 2.61. The van der Waals surface area contributed by atoms with Crippen molar-refractivity contribution in [2.75, 3.05) is 7.11 Å². The smallest absolute Gasteiger partial charge is 0.447 e. The summed E-state index contributed by atoms with van der Waals surface area (Å²) in [7, 11) is 1.54. The monoisotopic (exact) mass is 356 g/mol. The molecule has 2 aromatic rings. The minimum Gasteiger partial charge on any atom is -0.496 e. The number of nitrogens with one attached hydrogen (secondary N) is 1. The molecule has 0 fully saturated rings. The van der Waals surface area contributed by atoms with Crippen LogP contribution in [0, 0.1) is 6.92 Å². The van der Waals surface area contributed by atoms with E-state index in [0.29, 0.717) is 5.75 Å². The molecule has 0 saturated carbocycles. The summed E-state index contributed by atoms with van der Waals surface area (Å²) in [6.07, 6.45) is 1.22. The van der Waals surface area contributed by atoms with Crippen LogP contribution in [0.3, 0.4) is 0 Å².